The van der Waals surface area contributed by atoms with Crippen molar-refractivity contribution in [3.05, 3.63) is 23.8 Å². The number of hydrogen-bond acceptors (Lipinski definition) is 3. The summed E-state index contributed by atoms with van der Waals surface area (Å²) in [5.74, 6) is 1.12. The molecule has 29 heavy (non-hydrogen) atoms. The highest BCUT2D eigenvalue weighted by Crippen LogP contribution is 2.23. The van der Waals surface area contributed by atoms with Crippen molar-refractivity contribution in [2.75, 3.05) is 26.7 Å². The fraction of sp³-hybridized carbons (Fsp3) is 0.800. The fourth-order valence-electron chi connectivity index (χ4n) is 3.46. The standard InChI is InChI=1S/C23H42N2O2.C2H6/c1-10-21(17(2)3)15-18(4)19(5)24(9)13-11-20-12-14-25(16-20)22(26)27-23(6,7)8;1-2/h15,17,19-20H,4,10-14,16H2,1-3,5-9H3;1-2H3/b21-15+;. The zero-order valence-electron chi connectivity index (χ0n) is 21.0. The summed E-state index contributed by atoms with van der Waals surface area (Å²) >= 11 is 0. The molecule has 1 aliphatic heterocycles. The number of amides is 1. The summed E-state index contributed by atoms with van der Waals surface area (Å²) in [5.41, 5.74) is 2.22. The first-order valence-corrected chi connectivity index (χ1v) is 11.5. The van der Waals surface area contributed by atoms with E-state index in [-0.39, 0.29) is 6.09 Å². The van der Waals surface area contributed by atoms with Crippen molar-refractivity contribution >= 4 is 6.09 Å². The highest BCUT2D eigenvalue weighted by Gasteiger charge is 2.29. The van der Waals surface area contributed by atoms with Crippen LogP contribution in [0.1, 0.15) is 81.6 Å². The summed E-state index contributed by atoms with van der Waals surface area (Å²) in [6, 6.07) is 0.327. The molecule has 0 aliphatic carbocycles. The molecule has 0 radical (unpaired) electrons. The Bertz CT molecular complexity index is 531. The van der Waals surface area contributed by atoms with Gasteiger partial charge in [-0.15, -0.1) is 0 Å². The first-order valence-electron chi connectivity index (χ1n) is 11.5. The lowest BCUT2D eigenvalue weighted by Gasteiger charge is -2.27. The molecule has 0 aromatic heterocycles. The van der Waals surface area contributed by atoms with E-state index >= 15 is 0 Å². The van der Waals surface area contributed by atoms with Gasteiger partial charge in [-0.05, 0) is 78.0 Å². The Morgan fingerprint density at radius 3 is 2.34 bits per heavy atom. The van der Waals surface area contributed by atoms with E-state index in [0.717, 1.165) is 38.9 Å². The summed E-state index contributed by atoms with van der Waals surface area (Å²) in [5, 5.41) is 0. The molecular formula is C25H48N2O2. The zero-order valence-corrected chi connectivity index (χ0v) is 21.0. The molecule has 1 rings (SSSR count). The second-order valence-corrected chi connectivity index (χ2v) is 9.33. The third-order valence-corrected chi connectivity index (χ3v) is 5.55. The minimum Gasteiger partial charge on any atom is -0.444 e. The van der Waals surface area contributed by atoms with Crippen LogP contribution in [-0.4, -0.2) is 54.2 Å². The Labute approximate surface area is 181 Å². The van der Waals surface area contributed by atoms with E-state index in [1.807, 2.05) is 39.5 Å². The van der Waals surface area contributed by atoms with E-state index in [4.69, 9.17) is 4.74 Å². The lowest BCUT2D eigenvalue weighted by Crippen LogP contribution is -2.36. The Kier molecular flexibility index (Phi) is 12.5. The summed E-state index contributed by atoms with van der Waals surface area (Å²) in [6.45, 7) is 25.6. The van der Waals surface area contributed by atoms with Crippen LogP contribution in [0.3, 0.4) is 0 Å². The SMILES string of the molecule is C=C(/C=C(\CC)C(C)C)C(C)N(C)CCC1CCN(C(=O)OC(C)(C)C)C1.CC. The molecule has 1 saturated heterocycles. The van der Waals surface area contributed by atoms with Crippen LogP contribution < -0.4 is 0 Å². The monoisotopic (exact) mass is 408 g/mol. The second kappa shape index (κ2) is 13.1. The molecule has 1 amide bonds. The van der Waals surface area contributed by atoms with Gasteiger partial charge in [0.2, 0.25) is 0 Å². The van der Waals surface area contributed by atoms with Gasteiger partial charge in [0.15, 0.2) is 0 Å². The number of rotatable bonds is 8. The molecule has 1 aliphatic rings. The largest absolute Gasteiger partial charge is 0.444 e. The topological polar surface area (TPSA) is 32.8 Å². The average molecular weight is 409 g/mol. The molecule has 2 unspecified atom stereocenters. The molecule has 0 bridgehead atoms. The van der Waals surface area contributed by atoms with E-state index in [9.17, 15) is 4.79 Å². The quantitative estimate of drug-likeness (QED) is 0.428. The van der Waals surface area contributed by atoms with E-state index in [2.05, 4.69) is 52.3 Å². The van der Waals surface area contributed by atoms with Gasteiger partial charge >= 0.3 is 6.09 Å². The molecule has 1 heterocycles. The van der Waals surface area contributed by atoms with Gasteiger partial charge in [0.25, 0.3) is 0 Å². The molecule has 4 nitrogen and oxygen atoms in total. The maximum Gasteiger partial charge on any atom is 0.410 e. The first-order chi connectivity index (χ1) is 13.4. The highest BCUT2D eigenvalue weighted by molar-refractivity contribution is 5.68. The number of hydrogen-bond donors (Lipinski definition) is 0. The molecule has 0 aromatic rings. The smallest absolute Gasteiger partial charge is 0.410 e. The first kappa shape index (κ1) is 27.7. The van der Waals surface area contributed by atoms with Crippen LogP contribution in [0, 0.1) is 11.8 Å². The number of likely N-dealkylation sites (tertiary alicyclic amines) is 1. The van der Waals surface area contributed by atoms with Gasteiger partial charge in [-0.25, -0.2) is 4.79 Å². The maximum absolute atomic E-state index is 12.2. The predicted molar refractivity (Wildman–Crippen MR) is 126 cm³/mol. The van der Waals surface area contributed by atoms with Crippen LogP contribution >= 0.6 is 0 Å². The average Bonchev–Trinajstić information content (AvgIpc) is 3.12. The van der Waals surface area contributed by atoms with E-state index in [0.29, 0.717) is 17.9 Å². The Morgan fingerprint density at radius 1 is 1.28 bits per heavy atom. The van der Waals surface area contributed by atoms with Crippen molar-refractivity contribution in [1.82, 2.24) is 9.80 Å². The van der Waals surface area contributed by atoms with Crippen molar-refractivity contribution in [2.45, 2.75) is 93.2 Å². The van der Waals surface area contributed by atoms with Gasteiger partial charge in [-0.2, -0.15) is 0 Å². The third kappa shape index (κ3) is 10.3. The van der Waals surface area contributed by atoms with Crippen molar-refractivity contribution in [3.8, 4) is 0 Å². The van der Waals surface area contributed by atoms with Gasteiger partial charge < -0.3 is 9.64 Å². The van der Waals surface area contributed by atoms with Crippen molar-refractivity contribution in [3.63, 3.8) is 0 Å². The van der Waals surface area contributed by atoms with Crippen molar-refractivity contribution in [2.24, 2.45) is 11.8 Å². The van der Waals surface area contributed by atoms with Gasteiger partial charge in [-0.3, -0.25) is 4.90 Å². The Morgan fingerprint density at radius 2 is 1.86 bits per heavy atom. The van der Waals surface area contributed by atoms with Crippen LogP contribution in [0.2, 0.25) is 0 Å². The van der Waals surface area contributed by atoms with E-state index in [1.165, 1.54) is 11.1 Å². The van der Waals surface area contributed by atoms with Gasteiger partial charge in [0, 0.05) is 19.1 Å². The summed E-state index contributed by atoms with van der Waals surface area (Å²) in [6.07, 6.45) is 5.35. The highest BCUT2D eigenvalue weighted by atomic mass is 16.6. The minimum absolute atomic E-state index is 0.175. The van der Waals surface area contributed by atoms with E-state index < -0.39 is 5.60 Å². The number of carbonyl (C=O) groups excluding carboxylic acids is 1. The lowest BCUT2D eigenvalue weighted by molar-refractivity contribution is 0.0287. The zero-order chi connectivity index (χ0) is 22.8. The molecule has 0 spiro atoms. The lowest BCUT2D eigenvalue weighted by atomic mass is 9.96. The maximum atomic E-state index is 12.2. The molecule has 170 valence electrons. The van der Waals surface area contributed by atoms with Crippen molar-refractivity contribution < 1.29 is 9.53 Å². The van der Waals surface area contributed by atoms with Crippen molar-refractivity contribution in [1.29, 1.82) is 0 Å². The third-order valence-electron chi connectivity index (χ3n) is 5.55. The Balaban J connectivity index is 0.00000379. The summed E-state index contributed by atoms with van der Waals surface area (Å²) < 4.78 is 5.49. The van der Waals surface area contributed by atoms with Gasteiger partial charge in [0.05, 0.1) is 0 Å². The molecule has 0 saturated carbocycles. The summed E-state index contributed by atoms with van der Waals surface area (Å²) in [4.78, 5) is 16.4. The molecular weight excluding hydrogens is 360 g/mol. The second-order valence-electron chi connectivity index (χ2n) is 9.33. The fourth-order valence-corrected chi connectivity index (χ4v) is 3.46. The van der Waals surface area contributed by atoms with Crippen LogP contribution in [0.25, 0.3) is 0 Å². The molecule has 1 fully saturated rings. The molecule has 4 heteroatoms. The molecule has 0 aromatic carbocycles. The van der Waals surface area contributed by atoms with Gasteiger partial charge in [-0.1, -0.05) is 52.8 Å². The number of ether oxygens (including phenoxy) is 1. The number of allylic oxidation sites excluding steroid dienone is 1. The van der Waals surface area contributed by atoms with Crippen LogP contribution in [0.4, 0.5) is 4.79 Å². The summed E-state index contributed by atoms with van der Waals surface area (Å²) in [7, 11) is 2.17. The number of carbonyl (C=O) groups is 1. The van der Waals surface area contributed by atoms with Crippen LogP contribution in [0.5, 0.6) is 0 Å². The normalized spacial score (nSPS) is 18.6. The van der Waals surface area contributed by atoms with Crippen LogP contribution in [0.15, 0.2) is 23.8 Å². The van der Waals surface area contributed by atoms with Gasteiger partial charge in [0.1, 0.15) is 5.60 Å². The number of nitrogens with zero attached hydrogens (tertiary/aromatic N) is 2. The molecule has 0 N–H and O–H groups in total. The Hall–Kier alpha value is -1.29. The van der Waals surface area contributed by atoms with E-state index in [1.54, 1.807) is 0 Å². The predicted octanol–water partition coefficient (Wildman–Crippen LogP) is 6.53. The van der Waals surface area contributed by atoms with Crippen LogP contribution in [-0.2, 0) is 4.74 Å². The minimum atomic E-state index is -0.425. The number of likely N-dealkylation sites (N-methyl/N-ethyl adjacent to an activating group) is 1. The molecule has 2 atom stereocenters.